The van der Waals surface area contributed by atoms with E-state index in [-0.39, 0.29) is 0 Å². The molecule has 0 aliphatic carbocycles. The molecule has 1 heterocycles. The number of nitrogens with zero attached hydrogens (tertiary/aromatic N) is 1. The third-order valence-corrected chi connectivity index (χ3v) is 4.76. The minimum atomic E-state index is 0.409. The second-order valence-electron chi connectivity index (χ2n) is 6.14. The van der Waals surface area contributed by atoms with Gasteiger partial charge in [-0.2, -0.15) is 0 Å². The maximum atomic E-state index is 6.07. The Kier molecular flexibility index (Phi) is 4.57. The number of hydrogen-bond acceptors (Lipinski definition) is 2. The number of rotatable bonds is 6. The number of hydrogen-bond donors (Lipinski definition) is 1. The van der Waals surface area contributed by atoms with Crippen molar-refractivity contribution in [2.45, 2.75) is 45.2 Å². The normalized spacial score (nSPS) is 18.3. The van der Waals surface area contributed by atoms with Crippen LogP contribution < -0.4 is 5.73 Å². The van der Waals surface area contributed by atoms with Gasteiger partial charge in [-0.05, 0) is 34.9 Å². The van der Waals surface area contributed by atoms with E-state index in [1.807, 2.05) is 0 Å². The summed E-state index contributed by atoms with van der Waals surface area (Å²) in [6.45, 7) is 5.22. The Bertz CT molecular complexity index is 606. The van der Waals surface area contributed by atoms with E-state index in [1.54, 1.807) is 0 Å². The van der Waals surface area contributed by atoms with Gasteiger partial charge < -0.3 is 5.73 Å². The maximum absolute atomic E-state index is 6.07. The Morgan fingerprint density at radius 1 is 1.10 bits per heavy atom. The summed E-state index contributed by atoms with van der Waals surface area (Å²) in [7, 11) is 0. The van der Waals surface area contributed by atoms with Crippen LogP contribution in [0.15, 0.2) is 36.4 Å². The molecule has 0 saturated heterocycles. The van der Waals surface area contributed by atoms with Gasteiger partial charge in [-0.1, -0.05) is 62.6 Å². The lowest BCUT2D eigenvalue weighted by atomic mass is 9.98. The zero-order valence-corrected chi connectivity index (χ0v) is 13.0. The van der Waals surface area contributed by atoms with Gasteiger partial charge in [0, 0.05) is 19.1 Å². The third-order valence-electron chi connectivity index (χ3n) is 4.76. The van der Waals surface area contributed by atoms with Gasteiger partial charge in [0.1, 0.15) is 0 Å². The van der Waals surface area contributed by atoms with E-state index in [2.05, 4.69) is 48.2 Å². The number of benzene rings is 2. The quantitative estimate of drug-likeness (QED) is 0.803. The Morgan fingerprint density at radius 2 is 1.95 bits per heavy atom. The van der Waals surface area contributed by atoms with E-state index in [9.17, 15) is 0 Å². The molecule has 2 aromatic rings. The number of nitrogens with two attached hydrogens (primary N) is 1. The molecule has 0 spiro atoms. The molecule has 2 nitrogen and oxygen atoms in total. The van der Waals surface area contributed by atoms with Crippen LogP contribution in [0.4, 0.5) is 0 Å². The minimum absolute atomic E-state index is 0.409. The Morgan fingerprint density at radius 3 is 2.76 bits per heavy atom. The van der Waals surface area contributed by atoms with Crippen molar-refractivity contribution < 1.29 is 0 Å². The highest BCUT2D eigenvalue weighted by Crippen LogP contribution is 2.37. The zero-order chi connectivity index (χ0) is 14.7. The summed E-state index contributed by atoms with van der Waals surface area (Å²) in [6, 6.07) is 13.7. The summed E-state index contributed by atoms with van der Waals surface area (Å²) in [5.74, 6) is 0. The Hall–Kier alpha value is -1.38. The van der Waals surface area contributed by atoms with Crippen LogP contribution in [0.1, 0.15) is 49.8 Å². The highest BCUT2D eigenvalue weighted by Gasteiger charge is 2.29. The van der Waals surface area contributed by atoms with Gasteiger partial charge >= 0.3 is 0 Å². The fraction of sp³-hybridized carbons (Fsp3) is 0.474. The van der Waals surface area contributed by atoms with Crippen molar-refractivity contribution in [3.05, 3.63) is 47.5 Å². The van der Waals surface area contributed by atoms with Crippen molar-refractivity contribution in [1.29, 1.82) is 0 Å². The van der Waals surface area contributed by atoms with Gasteiger partial charge in [0.2, 0.25) is 0 Å². The number of fused-ring (bicyclic) bond motifs is 3. The molecule has 0 aromatic heterocycles. The summed E-state index contributed by atoms with van der Waals surface area (Å²) in [6.07, 6.45) is 5.26. The minimum Gasteiger partial charge on any atom is -0.329 e. The smallest absolute Gasteiger partial charge is 0.0477 e. The van der Waals surface area contributed by atoms with E-state index in [4.69, 9.17) is 5.73 Å². The van der Waals surface area contributed by atoms with E-state index in [1.165, 1.54) is 54.1 Å². The van der Waals surface area contributed by atoms with Gasteiger partial charge in [0.25, 0.3) is 0 Å². The van der Waals surface area contributed by atoms with Gasteiger partial charge in [0.05, 0.1) is 0 Å². The third kappa shape index (κ3) is 2.83. The fourth-order valence-corrected chi connectivity index (χ4v) is 3.60. The molecule has 0 fully saturated rings. The summed E-state index contributed by atoms with van der Waals surface area (Å²) < 4.78 is 0. The van der Waals surface area contributed by atoms with Crippen molar-refractivity contribution in [2.24, 2.45) is 5.73 Å². The highest BCUT2D eigenvalue weighted by atomic mass is 15.2. The van der Waals surface area contributed by atoms with Crippen LogP contribution in [0.5, 0.6) is 0 Å². The Labute approximate surface area is 127 Å². The first kappa shape index (κ1) is 14.6. The topological polar surface area (TPSA) is 29.3 Å². The molecule has 1 aliphatic rings. The van der Waals surface area contributed by atoms with Crippen LogP contribution >= 0.6 is 0 Å². The van der Waals surface area contributed by atoms with Crippen LogP contribution in [0.2, 0.25) is 0 Å². The van der Waals surface area contributed by atoms with Gasteiger partial charge in [-0.15, -0.1) is 0 Å². The summed E-state index contributed by atoms with van der Waals surface area (Å²) in [5.41, 5.74) is 9.02. The van der Waals surface area contributed by atoms with Crippen LogP contribution in [0, 0.1) is 0 Å². The molecule has 2 N–H and O–H groups in total. The molecule has 3 rings (SSSR count). The molecule has 2 heteroatoms. The van der Waals surface area contributed by atoms with E-state index < -0.39 is 0 Å². The van der Waals surface area contributed by atoms with E-state index >= 15 is 0 Å². The molecule has 0 radical (unpaired) electrons. The number of unbranched alkanes of at least 4 members (excludes halogenated alkanes) is 3. The molecule has 2 aromatic carbocycles. The molecule has 1 unspecified atom stereocenters. The van der Waals surface area contributed by atoms with E-state index in [0.717, 1.165) is 13.1 Å². The van der Waals surface area contributed by atoms with Crippen molar-refractivity contribution in [3.8, 4) is 0 Å². The molecule has 1 atom stereocenters. The van der Waals surface area contributed by atoms with Crippen molar-refractivity contribution in [3.63, 3.8) is 0 Å². The van der Waals surface area contributed by atoms with Crippen LogP contribution in [0.25, 0.3) is 10.8 Å². The van der Waals surface area contributed by atoms with Gasteiger partial charge in [-0.25, -0.2) is 0 Å². The lowest BCUT2D eigenvalue weighted by molar-refractivity contribution is 0.215. The molecular weight excluding hydrogens is 256 g/mol. The van der Waals surface area contributed by atoms with Crippen LogP contribution in [0.3, 0.4) is 0 Å². The molecule has 0 bridgehead atoms. The average Bonchev–Trinajstić information content (AvgIpc) is 2.89. The molecule has 21 heavy (non-hydrogen) atoms. The zero-order valence-electron chi connectivity index (χ0n) is 13.0. The summed E-state index contributed by atoms with van der Waals surface area (Å²) in [5, 5.41) is 2.75. The Balaban J connectivity index is 1.83. The molecule has 0 saturated carbocycles. The van der Waals surface area contributed by atoms with Crippen molar-refractivity contribution in [1.82, 2.24) is 4.90 Å². The van der Waals surface area contributed by atoms with Gasteiger partial charge in [-0.3, -0.25) is 4.90 Å². The fourth-order valence-electron chi connectivity index (χ4n) is 3.60. The first-order valence-corrected chi connectivity index (χ1v) is 8.29. The van der Waals surface area contributed by atoms with Crippen molar-refractivity contribution in [2.75, 3.05) is 13.1 Å². The highest BCUT2D eigenvalue weighted by molar-refractivity contribution is 5.87. The van der Waals surface area contributed by atoms with Crippen molar-refractivity contribution >= 4 is 10.8 Å². The first-order chi connectivity index (χ1) is 10.3. The average molecular weight is 282 g/mol. The lowest BCUT2D eigenvalue weighted by Gasteiger charge is -2.23. The SMILES string of the molecule is CCCCCCN1Cc2c(ccc3ccccc23)C1CN. The van der Waals surface area contributed by atoms with E-state index in [0.29, 0.717) is 6.04 Å². The molecule has 0 amide bonds. The summed E-state index contributed by atoms with van der Waals surface area (Å²) >= 11 is 0. The van der Waals surface area contributed by atoms with Crippen LogP contribution in [-0.2, 0) is 6.54 Å². The second-order valence-corrected chi connectivity index (χ2v) is 6.14. The molecule has 1 aliphatic heterocycles. The predicted molar refractivity (Wildman–Crippen MR) is 90.3 cm³/mol. The monoisotopic (exact) mass is 282 g/mol. The molecule has 112 valence electrons. The standard InChI is InChI=1S/C19H26N2/c1-2-3-4-7-12-21-14-18-16-9-6-5-8-15(16)10-11-17(18)19(21)13-20/h5-6,8-11,19H,2-4,7,12-14,20H2,1H3. The summed E-state index contributed by atoms with van der Waals surface area (Å²) in [4.78, 5) is 2.58. The predicted octanol–water partition coefficient (Wildman–Crippen LogP) is 4.24. The largest absolute Gasteiger partial charge is 0.329 e. The second kappa shape index (κ2) is 6.59. The lowest BCUT2D eigenvalue weighted by Crippen LogP contribution is -2.28. The molecular formula is C19H26N2. The van der Waals surface area contributed by atoms with Gasteiger partial charge in [0.15, 0.2) is 0 Å². The first-order valence-electron chi connectivity index (χ1n) is 8.29. The van der Waals surface area contributed by atoms with Crippen LogP contribution in [-0.4, -0.2) is 18.0 Å². The maximum Gasteiger partial charge on any atom is 0.0477 e.